The second-order valence-corrected chi connectivity index (χ2v) is 5.65. The normalized spacial score (nSPS) is 17.6. The van der Waals surface area contributed by atoms with Crippen molar-refractivity contribution in [2.24, 2.45) is 0 Å². The predicted octanol–water partition coefficient (Wildman–Crippen LogP) is 1.46. The van der Waals surface area contributed by atoms with Gasteiger partial charge in [0, 0.05) is 31.5 Å². The lowest BCUT2D eigenvalue weighted by Crippen LogP contribution is -2.31. The quantitative estimate of drug-likeness (QED) is 0.802. The van der Waals surface area contributed by atoms with Crippen LogP contribution in [-0.4, -0.2) is 48.4 Å². The Morgan fingerprint density at radius 1 is 1.65 bits per heavy atom. The molecule has 4 nitrogen and oxygen atoms in total. The maximum atomic E-state index is 9.62. The van der Waals surface area contributed by atoms with Crippen molar-refractivity contribution >= 4 is 11.3 Å². The monoisotopic (exact) mass is 256 g/mol. The van der Waals surface area contributed by atoms with Gasteiger partial charge in [0.15, 0.2) is 0 Å². The van der Waals surface area contributed by atoms with E-state index in [1.165, 1.54) is 17.8 Å². The van der Waals surface area contributed by atoms with Crippen molar-refractivity contribution in [3.05, 3.63) is 16.1 Å². The maximum absolute atomic E-state index is 9.62. The molecule has 1 fully saturated rings. The molecule has 0 aromatic carbocycles. The number of ether oxygens (including phenoxy) is 1. The van der Waals surface area contributed by atoms with Crippen molar-refractivity contribution in [2.45, 2.75) is 31.4 Å². The van der Waals surface area contributed by atoms with E-state index in [1.54, 1.807) is 18.4 Å². The summed E-state index contributed by atoms with van der Waals surface area (Å²) >= 11 is 1.77. The van der Waals surface area contributed by atoms with E-state index in [2.05, 4.69) is 15.3 Å². The predicted molar refractivity (Wildman–Crippen MR) is 68.3 cm³/mol. The highest BCUT2D eigenvalue weighted by Gasteiger charge is 2.26. The summed E-state index contributed by atoms with van der Waals surface area (Å²) < 4.78 is 4.91. The van der Waals surface area contributed by atoms with Crippen molar-refractivity contribution in [1.29, 1.82) is 0 Å². The fraction of sp³-hybridized carbons (Fsp3) is 0.750. The van der Waals surface area contributed by atoms with E-state index >= 15 is 0 Å². The maximum Gasteiger partial charge on any atom is 0.0959 e. The summed E-state index contributed by atoms with van der Waals surface area (Å²) in [5, 5.41) is 13.0. The molecular formula is C12H20N2O2S. The van der Waals surface area contributed by atoms with Gasteiger partial charge in [-0.25, -0.2) is 4.98 Å². The van der Waals surface area contributed by atoms with Gasteiger partial charge in [-0.15, -0.1) is 11.3 Å². The lowest BCUT2D eigenvalue weighted by Gasteiger charge is -2.18. The van der Waals surface area contributed by atoms with E-state index < -0.39 is 6.10 Å². The summed E-state index contributed by atoms with van der Waals surface area (Å²) in [4.78, 5) is 6.71. The van der Waals surface area contributed by atoms with Crippen molar-refractivity contribution in [3.8, 4) is 0 Å². The highest BCUT2D eigenvalue weighted by molar-refractivity contribution is 7.09. The number of aromatic nitrogens is 1. The average Bonchev–Trinajstić information content (AvgIpc) is 3.01. The van der Waals surface area contributed by atoms with Gasteiger partial charge in [0.1, 0.15) is 0 Å². The van der Waals surface area contributed by atoms with Gasteiger partial charge in [-0.05, 0) is 19.9 Å². The summed E-state index contributed by atoms with van der Waals surface area (Å²) in [6.07, 6.45) is 2.18. The third-order valence-corrected chi connectivity index (χ3v) is 3.87. The van der Waals surface area contributed by atoms with E-state index in [1.807, 2.05) is 7.05 Å². The summed E-state index contributed by atoms with van der Waals surface area (Å²) in [5.41, 5.74) is 1.11. The molecule has 1 aromatic heterocycles. The first-order valence-electron chi connectivity index (χ1n) is 5.99. The number of rotatable bonds is 7. The van der Waals surface area contributed by atoms with Gasteiger partial charge in [0.05, 0.1) is 23.4 Å². The number of hydrogen-bond donors (Lipinski definition) is 1. The largest absolute Gasteiger partial charge is 0.389 e. The Hall–Kier alpha value is -0.490. The molecule has 96 valence electrons. The number of aliphatic hydroxyl groups excluding tert-OH is 1. The molecule has 1 saturated carbocycles. The molecule has 2 rings (SSSR count). The van der Waals surface area contributed by atoms with E-state index in [0.717, 1.165) is 18.2 Å². The van der Waals surface area contributed by atoms with Crippen LogP contribution in [0.1, 0.15) is 29.5 Å². The van der Waals surface area contributed by atoms with Crippen LogP contribution in [-0.2, 0) is 11.3 Å². The van der Waals surface area contributed by atoms with Crippen LogP contribution in [0.3, 0.4) is 0 Å². The Balaban J connectivity index is 1.78. The van der Waals surface area contributed by atoms with Crippen molar-refractivity contribution in [2.75, 3.05) is 27.3 Å². The van der Waals surface area contributed by atoms with Gasteiger partial charge in [-0.2, -0.15) is 0 Å². The zero-order valence-corrected chi connectivity index (χ0v) is 11.2. The minimum absolute atomic E-state index is 0.384. The number of thiazole rings is 1. The second kappa shape index (κ2) is 5.91. The second-order valence-electron chi connectivity index (χ2n) is 4.76. The average molecular weight is 256 g/mol. The Morgan fingerprint density at radius 2 is 2.41 bits per heavy atom. The molecule has 0 radical (unpaired) electrons. The Kier molecular flexibility index (Phi) is 4.50. The molecule has 0 saturated heterocycles. The van der Waals surface area contributed by atoms with Gasteiger partial charge >= 0.3 is 0 Å². The first-order valence-corrected chi connectivity index (χ1v) is 6.87. The zero-order valence-electron chi connectivity index (χ0n) is 10.4. The molecule has 0 amide bonds. The van der Waals surface area contributed by atoms with Crippen LogP contribution in [0.4, 0.5) is 0 Å². The number of nitrogens with zero attached hydrogens (tertiary/aromatic N) is 2. The Bertz CT molecular complexity index is 352. The Morgan fingerprint density at radius 3 is 3.06 bits per heavy atom. The minimum Gasteiger partial charge on any atom is -0.389 e. The third kappa shape index (κ3) is 4.03. The van der Waals surface area contributed by atoms with Crippen LogP contribution in [0.25, 0.3) is 0 Å². The molecule has 1 aliphatic rings. The smallest absolute Gasteiger partial charge is 0.0959 e. The van der Waals surface area contributed by atoms with Gasteiger partial charge in [0.25, 0.3) is 0 Å². The molecule has 1 N–H and O–H groups in total. The van der Waals surface area contributed by atoms with Crippen molar-refractivity contribution < 1.29 is 9.84 Å². The lowest BCUT2D eigenvalue weighted by atomic mass is 10.3. The van der Waals surface area contributed by atoms with Crippen LogP contribution in [0, 0.1) is 0 Å². The van der Waals surface area contributed by atoms with Crippen molar-refractivity contribution in [1.82, 2.24) is 9.88 Å². The summed E-state index contributed by atoms with van der Waals surface area (Å²) in [6, 6.07) is 0. The van der Waals surface area contributed by atoms with Crippen LogP contribution in [0.5, 0.6) is 0 Å². The molecular weight excluding hydrogens is 236 g/mol. The molecule has 1 atom stereocenters. The van der Waals surface area contributed by atoms with Gasteiger partial charge < -0.3 is 9.84 Å². The molecule has 17 heavy (non-hydrogen) atoms. The molecule has 5 heteroatoms. The number of likely N-dealkylation sites (N-methyl/N-ethyl adjacent to an activating group) is 1. The summed E-state index contributed by atoms with van der Waals surface area (Å²) in [6.45, 7) is 1.79. The standard InChI is InChI=1S/C12H20N2O2S/c1-14(6-11(15)7-16-2)5-10-8-17-12(13-10)9-3-4-9/h8-9,11,15H,3-7H2,1-2H3. The summed E-state index contributed by atoms with van der Waals surface area (Å²) in [5.74, 6) is 0.734. The molecule has 1 aromatic rings. The minimum atomic E-state index is -0.425. The third-order valence-electron chi connectivity index (χ3n) is 2.81. The highest BCUT2D eigenvalue weighted by Crippen LogP contribution is 2.41. The summed E-state index contributed by atoms with van der Waals surface area (Å²) in [7, 11) is 3.60. The van der Waals surface area contributed by atoms with Crippen LogP contribution in [0.15, 0.2) is 5.38 Å². The van der Waals surface area contributed by atoms with E-state index in [0.29, 0.717) is 13.2 Å². The first-order chi connectivity index (χ1) is 8.19. The molecule has 1 heterocycles. The van der Waals surface area contributed by atoms with Crippen LogP contribution >= 0.6 is 11.3 Å². The van der Waals surface area contributed by atoms with Gasteiger partial charge in [-0.1, -0.05) is 0 Å². The molecule has 0 bridgehead atoms. The fourth-order valence-corrected chi connectivity index (χ4v) is 2.84. The number of methoxy groups -OCH3 is 1. The highest BCUT2D eigenvalue weighted by atomic mass is 32.1. The van der Waals surface area contributed by atoms with E-state index in [-0.39, 0.29) is 0 Å². The van der Waals surface area contributed by atoms with E-state index in [9.17, 15) is 5.11 Å². The number of aliphatic hydroxyl groups is 1. The molecule has 0 spiro atoms. The SMILES string of the molecule is COCC(O)CN(C)Cc1csc(C2CC2)n1. The Labute approximate surface area is 106 Å². The topological polar surface area (TPSA) is 45.6 Å². The fourth-order valence-electron chi connectivity index (χ4n) is 1.86. The molecule has 1 unspecified atom stereocenters. The molecule has 1 aliphatic carbocycles. The zero-order chi connectivity index (χ0) is 12.3. The van der Waals surface area contributed by atoms with Gasteiger partial charge in [0.2, 0.25) is 0 Å². The van der Waals surface area contributed by atoms with E-state index in [4.69, 9.17) is 4.74 Å². The van der Waals surface area contributed by atoms with Crippen molar-refractivity contribution in [3.63, 3.8) is 0 Å². The molecule has 0 aliphatic heterocycles. The first kappa shape index (κ1) is 13.0. The van der Waals surface area contributed by atoms with Crippen LogP contribution in [0.2, 0.25) is 0 Å². The lowest BCUT2D eigenvalue weighted by molar-refractivity contribution is 0.0417. The van der Waals surface area contributed by atoms with Gasteiger partial charge in [-0.3, -0.25) is 4.90 Å². The number of hydrogen-bond acceptors (Lipinski definition) is 5. The van der Waals surface area contributed by atoms with Crippen LogP contribution < -0.4 is 0 Å².